The number of hydrogen-bond acceptors (Lipinski definition) is 3. The van der Waals surface area contributed by atoms with Gasteiger partial charge in [-0.1, -0.05) is 103 Å². The average molecular weight is 385 g/mol. The molecule has 0 saturated heterocycles. The Hall–Kier alpha value is -2.69. The van der Waals surface area contributed by atoms with Crippen molar-refractivity contribution in [2.24, 2.45) is 0 Å². The molecule has 0 spiro atoms. The maximum atomic E-state index is 13.4. The van der Waals surface area contributed by atoms with Crippen LogP contribution in [0.2, 0.25) is 0 Å². The van der Waals surface area contributed by atoms with E-state index in [1.54, 1.807) is 78.9 Å². The Morgan fingerprint density at radius 1 is 0.852 bits per heavy atom. The zero-order valence-corrected chi connectivity index (χ0v) is 15.1. The van der Waals surface area contributed by atoms with E-state index >= 15 is 0 Å². The molecule has 27 heavy (non-hydrogen) atoms. The molecule has 0 saturated carbocycles. The topological polar surface area (TPSA) is 46.5 Å². The van der Waals surface area contributed by atoms with Gasteiger partial charge in [-0.15, -0.1) is 0 Å². The lowest BCUT2D eigenvalue weighted by Gasteiger charge is -2.37. The van der Waals surface area contributed by atoms with Crippen LogP contribution in [0.15, 0.2) is 91.0 Å². The summed E-state index contributed by atoms with van der Waals surface area (Å²) in [6.07, 6.45) is -1.20. The molecule has 0 aromatic heterocycles. The molecule has 3 aromatic rings. The van der Waals surface area contributed by atoms with Crippen LogP contribution in [0.3, 0.4) is 0 Å². The second kappa shape index (κ2) is 8.33. The number of rotatable bonds is 6. The third kappa shape index (κ3) is 4.02. The monoisotopic (exact) mass is 384 g/mol. The number of ether oxygens (including phenoxy) is 1. The zero-order chi connectivity index (χ0) is 19.3. The van der Waals surface area contributed by atoms with Crippen LogP contribution in [-0.4, -0.2) is 16.7 Å². The SMILES string of the molecule is O=C(O[C@H](c1ccccc1)C(O)(c1ccccc1)c1ccccc1)C(F)Cl. The minimum Gasteiger partial charge on any atom is -0.451 e. The number of hydrogen-bond donors (Lipinski definition) is 1. The van der Waals surface area contributed by atoms with Crippen molar-refractivity contribution in [2.45, 2.75) is 17.3 Å². The first kappa shape index (κ1) is 19.1. The fraction of sp³-hybridized carbons (Fsp3) is 0.136. The Labute approximate surface area is 162 Å². The number of halogens is 2. The summed E-state index contributed by atoms with van der Waals surface area (Å²) in [6.45, 7) is 0. The van der Waals surface area contributed by atoms with E-state index in [9.17, 15) is 14.3 Å². The molecule has 138 valence electrons. The number of carbonyl (C=O) groups excluding carboxylic acids is 1. The lowest BCUT2D eigenvalue weighted by molar-refractivity contribution is -0.166. The van der Waals surface area contributed by atoms with E-state index in [1.165, 1.54) is 0 Å². The van der Waals surface area contributed by atoms with E-state index in [1.807, 2.05) is 12.1 Å². The van der Waals surface area contributed by atoms with E-state index in [0.29, 0.717) is 16.7 Å². The molecular weight excluding hydrogens is 367 g/mol. The minimum atomic E-state index is -2.33. The Morgan fingerprint density at radius 3 is 1.67 bits per heavy atom. The number of aliphatic hydroxyl groups is 1. The molecule has 0 radical (unpaired) electrons. The van der Waals surface area contributed by atoms with Gasteiger partial charge in [-0.3, -0.25) is 0 Å². The number of esters is 1. The molecule has 0 aliphatic carbocycles. The predicted molar refractivity (Wildman–Crippen MR) is 102 cm³/mol. The molecule has 3 rings (SSSR count). The lowest BCUT2D eigenvalue weighted by Crippen LogP contribution is -2.38. The van der Waals surface area contributed by atoms with E-state index in [2.05, 4.69) is 0 Å². The van der Waals surface area contributed by atoms with E-state index in [-0.39, 0.29) is 0 Å². The molecule has 0 heterocycles. The van der Waals surface area contributed by atoms with Crippen LogP contribution < -0.4 is 0 Å². The Kier molecular flexibility index (Phi) is 5.89. The maximum absolute atomic E-state index is 13.4. The van der Waals surface area contributed by atoms with Gasteiger partial charge in [0, 0.05) is 0 Å². The van der Waals surface area contributed by atoms with Gasteiger partial charge < -0.3 is 9.84 Å². The van der Waals surface area contributed by atoms with Gasteiger partial charge in [0.15, 0.2) is 11.7 Å². The van der Waals surface area contributed by atoms with Crippen molar-refractivity contribution >= 4 is 17.6 Å². The van der Waals surface area contributed by atoms with Crippen LogP contribution in [0.5, 0.6) is 0 Å². The first-order valence-corrected chi connectivity index (χ1v) is 8.84. The highest BCUT2D eigenvalue weighted by Crippen LogP contribution is 2.43. The molecule has 2 atom stereocenters. The number of alkyl halides is 2. The quantitative estimate of drug-likeness (QED) is 0.493. The highest BCUT2D eigenvalue weighted by atomic mass is 35.5. The largest absolute Gasteiger partial charge is 0.451 e. The van der Waals surface area contributed by atoms with Crippen LogP contribution in [-0.2, 0) is 15.1 Å². The molecule has 0 bridgehead atoms. The molecule has 0 amide bonds. The average Bonchev–Trinajstić information content (AvgIpc) is 2.73. The van der Waals surface area contributed by atoms with E-state index < -0.39 is 23.3 Å². The summed E-state index contributed by atoms with van der Waals surface area (Å²) in [5, 5.41) is 11.9. The van der Waals surface area contributed by atoms with Crippen molar-refractivity contribution in [3.63, 3.8) is 0 Å². The van der Waals surface area contributed by atoms with Gasteiger partial charge >= 0.3 is 5.97 Å². The van der Waals surface area contributed by atoms with Gasteiger partial charge in [0.05, 0.1) is 0 Å². The summed E-state index contributed by atoms with van der Waals surface area (Å²) >= 11 is 5.28. The lowest BCUT2D eigenvalue weighted by atomic mass is 9.79. The standard InChI is InChI=1S/C22H18ClFO3/c23-20(24)21(25)27-19(16-10-4-1-5-11-16)22(26,17-12-6-2-7-13-17)18-14-8-3-9-15-18/h1-15,19-20,26H/t19-,20?/m1/s1. The van der Waals surface area contributed by atoms with Crippen LogP contribution in [0.4, 0.5) is 4.39 Å². The smallest absolute Gasteiger partial charge is 0.357 e. The normalized spacial score (nSPS) is 13.6. The molecule has 3 aromatic carbocycles. The number of benzene rings is 3. The predicted octanol–water partition coefficient (Wildman–Crippen LogP) is 4.74. The fourth-order valence-corrected chi connectivity index (χ4v) is 3.10. The van der Waals surface area contributed by atoms with Crippen LogP contribution >= 0.6 is 11.6 Å². The second-order valence-corrected chi connectivity index (χ2v) is 6.41. The summed E-state index contributed by atoms with van der Waals surface area (Å²) in [5.41, 5.74) is -2.55. The molecule has 0 aliphatic heterocycles. The summed E-state index contributed by atoms with van der Waals surface area (Å²) in [6, 6.07) is 26.3. The van der Waals surface area contributed by atoms with Crippen LogP contribution in [0.1, 0.15) is 22.8 Å². The molecule has 0 aliphatic rings. The third-order valence-corrected chi connectivity index (χ3v) is 4.50. The zero-order valence-electron chi connectivity index (χ0n) is 14.3. The number of carbonyl (C=O) groups is 1. The van der Waals surface area contributed by atoms with Gasteiger partial charge in [0.2, 0.25) is 0 Å². The molecule has 1 N–H and O–H groups in total. The Bertz CT molecular complexity index is 830. The van der Waals surface area contributed by atoms with Gasteiger partial charge in [-0.05, 0) is 16.7 Å². The summed E-state index contributed by atoms with van der Waals surface area (Å²) < 4.78 is 18.7. The minimum absolute atomic E-state index is 0.503. The summed E-state index contributed by atoms with van der Waals surface area (Å²) in [4.78, 5) is 12.0. The van der Waals surface area contributed by atoms with Crippen molar-refractivity contribution in [3.05, 3.63) is 108 Å². The Balaban J connectivity index is 2.21. The van der Waals surface area contributed by atoms with Crippen molar-refractivity contribution < 1.29 is 19.0 Å². The van der Waals surface area contributed by atoms with Crippen LogP contribution in [0.25, 0.3) is 0 Å². The van der Waals surface area contributed by atoms with Gasteiger partial charge in [-0.25, -0.2) is 9.18 Å². The Morgan fingerprint density at radius 2 is 1.26 bits per heavy atom. The van der Waals surface area contributed by atoms with Crippen LogP contribution in [0, 0.1) is 0 Å². The van der Waals surface area contributed by atoms with Crippen molar-refractivity contribution in [3.8, 4) is 0 Å². The van der Waals surface area contributed by atoms with E-state index in [4.69, 9.17) is 16.3 Å². The molecule has 5 heteroatoms. The first-order chi connectivity index (χ1) is 13.0. The van der Waals surface area contributed by atoms with Crippen molar-refractivity contribution in [1.29, 1.82) is 0 Å². The van der Waals surface area contributed by atoms with Gasteiger partial charge in [-0.2, -0.15) is 0 Å². The van der Waals surface area contributed by atoms with Gasteiger partial charge in [0.1, 0.15) is 0 Å². The van der Waals surface area contributed by atoms with Crippen molar-refractivity contribution in [2.75, 3.05) is 0 Å². The van der Waals surface area contributed by atoms with E-state index in [0.717, 1.165) is 0 Å². The maximum Gasteiger partial charge on any atom is 0.357 e. The molecule has 0 fully saturated rings. The summed E-state index contributed by atoms with van der Waals surface area (Å²) in [5.74, 6) is -1.25. The molecule has 1 unspecified atom stereocenters. The van der Waals surface area contributed by atoms with Gasteiger partial charge in [0.25, 0.3) is 5.63 Å². The first-order valence-electron chi connectivity index (χ1n) is 8.40. The molecule has 3 nitrogen and oxygen atoms in total. The highest BCUT2D eigenvalue weighted by molar-refractivity contribution is 6.28. The fourth-order valence-electron chi connectivity index (χ4n) is 3.04. The molecular formula is C22H18ClFO3. The third-order valence-electron chi connectivity index (χ3n) is 4.32. The summed E-state index contributed by atoms with van der Waals surface area (Å²) in [7, 11) is 0. The highest BCUT2D eigenvalue weighted by Gasteiger charge is 2.44. The second-order valence-electron chi connectivity index (χ2n) is 6.03. The van der Waals surface area contributed by atoms with Crippen molar-refractivity contribution in [1.82, 2.24) is 0 Å².